The molecular formula is C16H17NO4S2. The summed E-state index contributed by atoms with van der Waals surface area (Å²) in [7, 11) is -3.78. The standard InChI is InChI=1S/C16H17NO4S2/c1-10-9-14(22-15(10)16(18)19)23(20,21)17-13-8-4-6-11-5-2-3-7-12(11)13/h4,6,8-9,17H,2-3,5,7H2,1H3,(H,18,19). The molecule has 0 atom stereocenters. The molecule has 7 heteroatoms. The fourth-order valence-corrected chi connectivity index (χ4v) is 5.34. The Labute approximate surface area is 139 Å². The summed E-state index contributed by atoms with van der Waals surface area (Å²) < 4.78 is 27.8. The Morgan fingerprint density at radius 3 is 2.70 bits per heavy atom. The SMILES string of the molecule is Cc1cc(S(=O)(=O)Nc2cccc3c2CCCC3)sc1C(=O)O. The fraction of sp³-hybridized carbons (Fsp3) is 0.312. The van der Waals surface area contributed by atoms with E-state index in [-0.39, 0.29) is 9.09 Å². The average Bonchev–Trinajstić information content (AvgIpc) is 2.90. The van der Waals surface area contributed by atoms with Gasteiger partial charge in [-0.3, -0.25) is 4.72 Å². The minimum absolute atomic E-state index is 0.0285. The molecule has 1 aliphatic carbocycles. The number of carboxylic acids is 1. The Balaban J connectivity index is 1.96. The highest BCUT2D eigenvalue weighted by atomic mass is 32.2. The van der Waals surface area contributed by atoms with Crippen molar-refractivity contribution >= 4 is 33.0 Å². The number of fused-ring (bicyclic) bond motifs is 1. The van der Waals surface area contributed by atoms with Crippen molar-refractivity contribution in [2.24, 2.45) is 0 Å². The van der Waals surface area contributed by atoms with Crippen LogP contribution < -0.4 is 4.72 Å². The summed E-state index contributed by atoms with van der Waals surface area (Å²) in [6.07, 6.45) is 3.99. The fourth-order valence-electron chi connectivity index (χ4n) is 2.87. The average molecular weight is 351 g/mol. The molecule has 122 valence electrons. The van der Waals surface area contributed by atoms with E-state index >= 15 is 0 Å². The monoisotopic (exact) mass is 351 g/mol. The van der Waals surface area contributed by atoms with Crippen LogP contribution in [0.15, 0.2) is 28.5 Å². The van der Waals surface area contributed by atoms with Crippen molar-refractivity contribution in [1.29, 1.82) is 0 Å². The van der Waals surface area contributed by atoms with Crippen molar-refractivity contribution in [3.8, 4) is 0 Å². The quantitative estimate of drug-likeness (QED) is 0.884. The second-order valence-corrected chi connectivity index (χ2v) is 8.60. The van der Waals surface area contributed by atoms with Crippen molar-refractivity contribution in [3.05, 3.63) is 45.8 Å². The predicted octanol–water partition coefficient (Wildman–Crippen LogP) is 3.43. The molecule has 1 aliphatic rings. The number of aromatic carboxylic acids is 1. The van der Waals surface area contributed by atoms with E-state index in [0.717, 1.165) is 42.6 Å². The summed E-state index contributed by atoms with van der Waals surface area (Å²) in [5.41, 5.74) is 3.29. The Bertz CT molecular complexity index is 868. The van der Waals surface area contributed by atoms with Gasteiger partial charge in [-0.25, -0.2) is 13.2 Å². The minimum Gasteiger partial charge on any atom is -0.477 e. The summed E-state index contributed by atoms with van der Waals surface area (Å²) in [5.74, 6) is -1.11. The minimum atomic E-state index is -3.78. The number of benzene rings is 1. The van der Waals surface area contributed by atoms with Gasteiger partial charge in [0.15, 0.2) is 0 Å². The molecule has 2 aromatic rings. The molecule has 1 heterocycles. The third-order valence-electron chi connectivity index (χ3n) is 3.99. The molecule has 1 aromatic heterocycles. The summed E-state index contributed by atoms with van der Waals surface area (Å²) in [4.78, 5) is 11.2. The van der Waals surface area contributed by atoms with Crippen molar-refractivity contribution in [2.45, 2.75) is 36.8 Å². The van der Waals surface area contributed by atoms with Crippen LogP contribution >= 0.6 is 11.3 Å². The Kier molecular flexibility index (Phi) is 4.16. The largest absolute Gasteiger partial charge is 0.477 e. The molecule has 0 aliphatic heterocycles. The topological polar surface area (TPSA) is 83.5 Å². The lowest BCUT2D eigenvalue weighted by Crippen LogP contribution is -2.15. The zero-order valence-corrected chi connectivity index (χ0v) is 14.3. The maximum absolute atomic E-state index is 12.6. The second-order valence-electron chi connectivity index (χ2n) is 5.64. The van der Waals surface area contributed by atoms with Crippen LogP contribution in [-0.4, -0.2) is 19.5 Å². The van der Waals surface area contributed by atoms with Crippen molar-refractivity contribution in [2.75, 3.05) is 4.72 Å². The summed E-state index contributed by atoms with van der Waals surface area (Å²) in [5, 5.41) is 9.09. The van der Waals surface area contributed by atoms with Gasteiger partial charge in [-0.05, 0) is 61.4 Å². The van der Waals surface area contributed by atoms with Crippen molar-refractivity contribution < 1.29 is 18.3 Å². The van der Waals surface area contributed by atoms with Gasteiger partial charge in [0.25, 0.3) is 10.0 Å². The van der Waals surface area contributed by atoms with Crippen LogP contribution in [0.1, 0.15) is 39.2 Å². The van der Waals surface area contributed by atoms with E-state index in [1.165, 1.54) is 11.6 Å². The normalized spacial score (nSPS) is 14.3. The van der Waals surface area contributed by atoms with Crippen LogP contribution in [-0.2, 0) is 22.9 Å². The first-order valence-electron chi connectivity index (χ1n) is 7.36. The van der Waals surface area contributed by atoms with Gasteiger partial charge in [0.05, 0.1) is 5.69 Å². The Hall–Kier alpha value is -1.86. The highest BCUT2D eigenvalue weighted by Crippen LogP contribution is 2.32. The van der Waals surface area contributed by atoms with Gasteiger partial charge in [-0.1, -0.05) is 12.1 Å². The number of carbonyl (C=O) groups is 1. The molecule has 2 N–H and O–H groups in total. The van der Waals surface area contributed by atoms with Gasteiger partial charge in [0.2, 0.25) is 0 Å². The molecular weight excluding hydrogens is 334 g/mol. The third kappa shape index (κ3) is 3.11. The first kappa shape index (κ1) is 16.0. The van der Waals surface area contributed by atoms with E-state index in [0.29, 0.717) is 11.3 Å². The van der Waals surface area contributed by atoms with Gasteiger partial charge < -0.3 is 5.11 Å². The van der Waals surface area contributed by atoms with Gasteiger partial charge in [-0.2, -0.15) is 0 Å². The molecule has 5 nitrogen and oxygen atoms in total. The lowest BCUT2D eigenvalue weighted by Gasteiger charge is -2.19. The molecule has 0 saturated heterocycles. The molecule has 1 aromatic carbocycles. The van der Waals surface area contributed by atoms with E-state index in [2.05, 4.69) is 4.72 Å². The number of thiophene rings is 1. The predicted molar refractivity (Wildman–Crippen MR) is 89.9 cm³/mol. The van der Waals surface area contributed by atoms with E-state index in [4.69, 9.17) is 5.11 Å². The Morgan fingerprint density at radius 1 is 1.26 bits per heavy atom. The number of rotatable bonds is 4. The lowest BCUT2D eigenvalue weighted by molar-refractivity contribution is 0.0701. The highest BCUT2D eigenvalue weighted by molar-refractivity contribution is 7.94. The maximum atomic E-state index is 12.6. The number of hydrogen-bond donors (Lipinski definition) is 2. The summed E-state index contributed by atoms with van der Waals surface area (Å²) in [6, 6.07) is 7.06. The molecule has 0 fully saturated rings. The molecule has 0 radical (unpaired) electrons. The van der Waals surface area contributed by atoms with Crippen LogP contribution in [0.4, 0.5) is 5.69 Å². The van der Waals surface area contributed by atoms with E-state index in [9.17, 15) is 13.2 Å². The lowest BCUT2D eigenvalue weighted by atomic mass is 9.91. The van der Waals surface area contributed by atoms with Crippen LogP contribution in [0.3, 0.4) is 0 Å². The summed E-state index contributed by atoms with van der Waals surface area (Å²) >= 11 is 0.781. The molecule has 0 amide bonds. The molecule has 0 saturated carbocycles. The van der Waals surface area contributed by atoms with Crippen molar-refractivity contribution in [3.63, 3.8) is 0 Å². The van der Waals surface area contributed by atoms with Crippen LogP contribution in [0.5, 0.6) is 0 Å². The first-order valence-corrected chi connectivity index (χ1v) is 9.66. The smallest absolute Gasteiger partial charge is 0.346 e. The molecule has 23 heavy (non-hydrogen) atoms. The van der Waals surface area contributed by atoms with Gasteiger partial charge in [-0.15, -0.1) is 11.3 Å². The summed E-state index contributed by atoms with van der Waals surface area (Å²) in [6.45, 7) is 1.60. The molecule has 3 rings (SSSR count). The number of nitrogens with one attached hydrogen (secondary N) is 1. The molecule has 0 unspecified atom stereocenters. The van der Waals surface area contributed by atoms with Crippen LogP contribution in [0.2, 0.25) is 0 Å². The van der Waals surface area contributed by atoms with Crippen LogP contribution in [0, 0.1) is 6.92 Å². The zero-order valence-electron chi connectivity index (χ0n) is 12.6. The van der Waals surface area contributed by atoms with E-state index in [1.807, 2.05) is 12.1 Å². The van der Waals surface area contributed by atoms with E-state index < -0.39 is 16.0 Å². The van der Waals surface area contributed by atoms with Gasteiger partial charge in [0.1, 0.15) is 9.09 Å². The second kappa shape index (κ2) is 5.98. The highest BCUT2D eigenvalue weighted by Gasteiger charge is 2.23. The number of anilines is 1. The maximum Gasteiger partial charge on any atom is 0.346 e. The zero-order chi connectivity index (χ0) is 16.6. The van der Waals surface area contributed by atoms with Gasteiger partial charge >= 0.3 is 5.97 Å². The van der Waals surface area contributed by atoms with Crippen molar-refractivity contribution in [1.82, 2.24) is 0 Å². The van der Waals surface area contributed by atoms with E-state index in [1.54, 1.807) is 13.0 Å². The Morgan fingerprint density at radius 2 is 2.00 bits per heavy atom. The van der Waals surface area contributed by atoms with Gasteiger partial charge in [0, 0.05) is 0 Å². The molecule has 0 bridgehead atoms. The number of aryl methyl sites for hydroxylation is 2. The van der Waals surface area contributed by atoms with Crippen LogP contribution in [0.25, 0.3) is 0 Å². The number of carboxylic acid groups (broad SMARTS) is 1. The number of hydrogen-bond acceptors (Lipinski definition) is 4. The third-order valence-corrected chi connectivity index (χ3v) is 7.06. The molecule has 0 spiro atoms. The first-order chi connectivity index (χ1) is 10.9. The number of sulfonamides is 1.